The number of ether oxygens (including phenoxy) is 1. The van der Waals surface area contributed by atoms with E-state index < -0.39 is 17.9 Å². The number of carbonyl (C=O) groups is 3. The van der Waals surface area contributed by atoms with Crippen LogP contribution >= 0.6 is 11.6 Å². The first-order chi connectivity index (χ1) is 17.0. The number of nitrogens with zero attached hydrogens (tertiary/aromatic N) is 1. The Bertz CT molecular complexity index is 1150. The second kappa shape index (κ2) is 11.7. The normalized spacial score (nSPS) is 15.9. The van der Waals surface area contributed by atoms with Crippen LogP contribution in [0.2, 0.25) is 5.02 Å². The quantitative estimate of drug-likeness (QED) is 0.471. The fourth-order valence-corrected chi connectivity index (χ4v) is 4.20. The molecule has 1 aliphatic rings. The molecular formula is C26H26ClN3O5. The van der Waals surface area contributed by atoms with E-state index in [9.17, 15) is 14.4 Å². The Morgan fingerprint density at radius 3 is 2.46 bits per heavy atom. The van der Waals surface area contributed by atoms with Crippen molar-refractivity contribution in [2.45, 2.75) is 25.0 Å². The highest BCUT2D eigenvalue weighted by Gasteiger charge is 2.34. The number of para-hydroxylation sites is 1. The molecule has 3 aromatic rings. The van der Waals surface area contributed by atoms with Gasteiger partial charge in [0.1, 0.15) is 6.04 Å². The number of nitrogens with one attached hydrogen (secondary N) is 2. The molecule has 1 fully saturated rings. The zero-order valence-corrected chi connectivity index (χ0v) is 19.7. The summed E-state index contributed by atoms with van der Waals surface area (Å²) in [7, 11) is 0. The van der Waals surface area contributed by atoms with Crippen LogP contribution in [0.3, 0.4) is 0 Å². The third kappa shape index (κ3) is 6.09. The predicted octanol–water partition coefficient (Wildman–Crippen LogP) is 3.73. The third-order valence-electron chi connectivity index (χ3n) is 5.68. The standard InChI is InChI=1S/C26H26ClN3O5/c27-20-11-4-5-12-21(20)30(23(31)17-29-25(32)22-13-7-15-35-22)24(18-8-2-1-3-9-18)26(33)28-16-19-10-6-14-34-19/h1-5,7-9,11-13,15,19,24H,6,10,14,16-17H2,(H,28,33)(H,29,32)/t19-,24+/m0/s1. The summed E-state index contributed by atoms with van der Waals surface area (Å²) in [6, 6.07) is 17.8. The molecule has 2 aromatic carbocycles. The van der Waals surface area contributed by atoms with Crippen molar-refractivity contribution in [2.75, 3.05) is 24.6 Å². The average molecular weight is 496 g/mol. The lowest BCUT2D eigenvalue weighted by Crippen LogP contribution is -2.48. The lowest BCUT2D eigenvalue weighted by molar-refractivity contribution is -0.126. The minimum atomic E-state index is -1.02. The van der Waals surface area contributed by atoms with Gasteiger partial charge in [-0.25, -0.2) is 0 Å². The highest BCUT2D eigenvalue weighted by Crippen LogP contribution is 2.33. The highest BCUT2D eigenvalue weighted by atomic mass is 35.5. The van der Waals surface area contributed by atoms with Crippen LogP contribution < -0.4 is 15.5 Å². The molecule has 1 aromatic heterocycles. The van der Waals surface area contributed by atoms with E-state index in [2.05, 4.69) is 10.6 Å². The molecule has 0 spiro atoms. The summed E-state index contributed by atoms with van der Waals surface area (Å²) in [4.78, 5) is 40.8. The van der Waals surface area contributed by atoms with Gasteiger partial charge in [-0.3, -0.25) is 19.3 Å². The lowest BCUT2D eigenvalue weighted by Gasteiger charge is -2.32. The van der Waals surface area contributed by atoms with Crippen LogP contribution in [0.1, 0.15) is 35.0 Å². The zero-order chi connectivity index (χ0) is 24.6. The van der Waals surface area contributed by atoms with E-state index in [0.717, 1.165) is 12.8 Å². The van der Waals surface area contributed by atoms with Gasteiger partial charge in [-0.15, -0.1) is 0 Å². The number of amides is 3. The fourth-order valence-electron chi connectivity index (χ4n) is 3.97. The van der Waals surface area contributed by atoms with Gasteiger partial charge in [-0.2, -0.15) is 0 Å². The number of anilines is 1. The van der Waals surface area contributed by atoms with Gasteiger partial charge >= 0.3 is 0 Å². The van der Waals surface area contributed by atoms with E-state index in [1.807, 2.05) is 6.07 Å². The van der Waals surface area contributed by atoms with Crippen molar-refractivity contribution in [2.24, 2.45) is 0 Å². The van der Waals surface area contributed by atoms with Crippen LogP contribution in [0.25, 0.3) is 0 Å². The smallest absolute Gasteiger partial charge is 0.287 e. The summed E-state index contributed by atoms with van der Waals surface area (Å²) >= 11 is 6.48. The van der Waals surface area contributed by atoms with Crippen LogP contribution in [0.15, 0.2) is 77.4 Å². The molecule has 1 aliphatic heterocycles. The summed E-state index contributed by atoms with van der Waals surface area (Å²) in [5, 5.41) is 5.79. The van der Waals surface area contributed by atoms with Crippen molar-refractivity contribution in [3.8, 4) is 0 Å². The Balaban J connectivity index is 1.64. The minimum absolute atomic E-state index is 0.0626. The third-order valence-corrected chi connectivity index (χ3v) is 6.00. The van der Waals surface area contributed by atoms with E-state index >= 15 is 0 Å². The number of halogens is 1. The number of hydrogen-bond donors (Lipinski definition) is 2. The number of benzene rings is 2. The number of hydrogen-bond acceptors (Lipinski definition) is 5. The number of furan rings is 1. The van der Waals surface area contributed by atoms with Gasteiger partial charge in [-0.05, 0) is 42.7 Å². The molecule has 1 saturated heterocycles. The molecule has 4 rings (SSSR count). The predicted molar refractivity (Wildman–Crippen MR) is 131 cm³/mol. The molecule has 0 unspecified atom stereocenters. The summed E-state index contributed by atoms with van der Waals surface area (Å²) in [5.74, 6) is -1.35. The summed E-state index contributed by atoms with van der Waals surface area (Å²) in [6.45, 7) is 0.636. The van der Waals surface area contributed by atoms with Crippen LogP contribution in [0.5, 0.6) is 0 Å². The van der Waals surface area contributed by atoms with Crippen molar-refractivity contribution in [1.29, 1.82) is 0 Å². The van der Waals surface area contributed by atoms with Gasteiger partial charge < -0.3 is 19.8 Å². The number of carbonyl (C=O) groups excluding carboxylic acids is 3. The van der Waals surface area contributed by atoms with Crippen molar-refractivity contribution < 1.29 is 23.5 Å². The molecule has 8 nitrogen and oxygen atoms in total. The molecule has 2 heterocycles. The fraction of sp³-hybridized carbons (Fsp3) is 0.269. The van der Waals surface area contributed by atoms with Crippen molar-refractivity contribution in [3.05, 3.63) is 89.3 Å². The van der Waals surface area contributed by atoms with Crippen molar-refractivity contribution >= 4 is 35.0 Å². The Morgan fingerprint density at radius 2 is 1.77 bits per heavy atom. The van der Waals surface area contributed by atoms with Gasteiger partial charge in [0.15, 0.2) is 5.76 Å². The molecule has 2 atom stereocenters. The van der Waals surface area contributed by atoms with Gasteiger partial charge in [-0.1, -0.05) is 54.1 Å². The van der Waals surface area contributed by atoms with Crippen LogP contribution in [0, 0.1) is 0 Å². The first-order valence-electron chi connectivity index (χ1n) is 11.4. The van der Waals surface area contributed by atoms with E-state index in [1.165, 1.54) is 17.2 Å². The van der Waals surface area contributed by atoms with Crippen molar-refractivity contribution in [3.63, 3.8) is 0 Å². The molecule has 182 valence electrons. The maximum atomic E-state index is 13.6. The molecule has 0 radical (unpaired) electrons. The Hall–Kier alpha value is -3.62. The van der Waals surface area contributed by atoms with E-state index in [-0.39, 0.29) is 24.3 Å². The molecule has 0 aliphatic carbocycles. The van der Waals surface area contributed by atoms with E-state index in [1.54, 1.807) is 54.6 Å². The second-order valence-corrected chi connectivity index (χ2v) is 8.48. The zero-order valence-electron chi connectivity index (χ0n) is 19.0. The summed E-state index contributed by atoms with van der Waals surface area (Å²) in [6.07, 6.45) is 3.12. The Morgan fingerprint density at radius 1 is 1.00 bits per heavy atom. The Labute approximate surface area is 208 Å². The van der Waals surface area contributed by atoms with Crippen LogP contribution in [-0.2, 0) is 14.3 Å². The molecule has 0 saturated carbocycles. The van der Waals surface area contributed by atoms with Gasteiger partial charge in [0, 0.05) is 13.2 Å². The maximum Gasteiger partial charge on any atom is 0.287 e. The topological polar surface area (TPSA) is 101 Å². The monoisotopic (exact) mass is 495 g/mol. The van der Waals surface area contributed by atoms with Crippen molar-refractivity contribution in [1.82, 2.24) is 10.6 Å². The second-order valence-electron chi connectivity index (χ2n) is 8.07. The number of rotatable bonds is 9. The molecular weight excluding hydrogens is 470 g/mol. The summed E-state index contributed by atoms with van der Waals surface area (Å²) in [5.41, 5.74) is 0.954. The highest BCUT2D eigenvalue weighted by molar-refractivity contribution is 6.34. The SMILES string of the molecule is O=C(NCC(=O)N(c1ccccc1Cl)[C@@H](C(=O)NC[C@@H]1CCCO1)c1ccccc1)c1ccco1. The van der Waals surface area contributed by atoms with Gasteiger partial charge in [0.2, 0.25) is 11.8 Å². The average Bonchev–Trinajstić information content (AvgIpc) is 3.60. The molecule has 9 heteroatoms. The summed E-state index contributed by atoms with van der Waals surface area (Å²) < 4.78 is 10.7. The molecule has 2 N–H and O–H groups in total. The minimum Gasteiger partial charge on any atom is -0.459 e. The van der Waals surface area contributed by atoms with Crippen LogP contribution in [0.4, 0.5) is 5.69 Å². The van der Waals surface area contributed by atoms with Crippen LogP contribution in [-0.4, -0.2) is 43.5 Å². The molecule has 3 amide bonds. The molecule has 0 bridgehead atoms. The Kier molecular flexibility index (Phi) is 8.18. The first kappa shape index (κ1) is 24.5. The van der Waals surface area contributed by atoms with E-state index in [4.69, 9.17) is 20.8 Å². The molecule has 35 heavy (non-hydrogen) atoms. The largest absolute Gasteiger partial charge is 0.459 e. The van der Waals surface area contributed by atoms with E-state index in [0.29, 0.717) is 29.4 Å². The maximum absolute atomic E-state index is 13.6. The van der Waals surface area contributed by atoms with Gasteiger partial charge in [0.05, 0.1) is 29.6 Å². The lowest BCUT2D eigenvalue weighted by atomic mass is 10.0. The van der Waals surface area contributed by atoms with Gasteiger partial charge in [0.25, 0.3) is 5.91 Å². The first-order valence-corrected chi connectivity index (χ1v) is 11.7.